The average Bonchev–Trinajstić information content (AvgIpc) is 2.80. The first-order chi connectivity index (χ1) is 8.59. The number of hydrogen-bond donors (Lipinski definition) is 2. The third-order valence-corrected chi connectivity index (χ3v) is 2.76. The number of amides is 1. The summed E-state index contributed by atoms with van der Waals surface area (Å²) in [4.78, 5) is 15.6. The molecule has 0 saturated carbocycles. The van der Waals surface area contributed by atoms with Gasteiger partial charge in [-0.15, -0.1) is 0 Å². The van der Waals surface area contributed by atoms with Crippen LogP contribution in [-0.2, 0) is 11.3 Å². The van der Waals surface area contributed by atoms with Gasteiger partial charge in [0.05, 0.1) is 12.4 Å². The van der Waals surface area contributed by atoms with Gasteiger partial charge in [0.2, 0.25) is 5.91 Å². The molecule has 0 fully saturated rings. The molecule has 18 heavy (non-hydrogen) atoms. The number of imidazole rings is 1. The van der Waals surface area contributed by atoms with Crippen molar-refractivity contribution >= 4 is 5.91 Å². The van der Waals surface area contributed by atoms with Crippen molar-refractivity contribution in [3.63, 3.8) is 0 Å². The lowest BCUT2D eigenvalue weighted by atomic mass is 10.0. The highest BCUT2D eigenvalue weighted by atomic mass is 16.2. The van der Waals surface area contributed by atoms with Gasteiger partial charge < -0.3 is 15.6 Å². The van der Waals surface area contributed by atoms with Crippen molar-refractivity contribution in [3.05, 3.63) is 18.7 Å². The molecule has 1 atom stereocenters. The van der Waals surface area contributed by atoms with Gasteiger partial charge in [0.25, 0.3) is 0 Å². The maximum Gasteiger partial charge on any atom is 0.236 e. The second-order valence-corrected chi connectivity index (χ2v) is 5.03. The fraction of sp³-hybridized carbons (Fsp3) is 0.692. The summed E-state index contributed by atoms with van der Waals surface area (Å²) < 4.78 is 2.03. The predicted octanol–water partition coefficient (Wildman–Crippen LogP) is 1.15. The van der Waals surface area contributed by atoms with E-state index in [1.54, 1.807) is 12.5 Å². The van der Waals surface area contributed by atoms with Gasteiger partial charge in [-0.2, -0.15) is 0 Å². The Morgan fingerprint density at radius 3 is 2.83 bits per heavy atom. The summed E-state index contributed by atoms with van der Waals surface area (Å²) in [6.45, 7) is 5.77. The second-order valence-electron chi connectivity index (χ2n) is 5.03. The summed E-state index contributed by atoms with van der Waals surface area (Å²) >= 11 is 0. The number of carbonyl (C=O) groups is 1. The van der Waals surface area contributed by atoms with Gasteiger partial charge in [0.15, 0.2) is 0 Å². The van der Waals surface area contributed by atoms with E-state index in [1.165, 1.54) is 0 Å². The van der Waals surface area contributed by atoms with E-state index in [2.05, 4.69) is 24.1 Å². The van der Waals surface area contributed by atoms with E-state index in [0.717, 1.165) is 25.8 Å². The van der Waals surface area contributed by atoms with E-state index in [4.69, 9.17) is 5.73 Å². The van der Waals surface area contributed by atoms with Crippen molar-refractivity contribution < 1.29 is 4.79 Å². The van der Waals surface area contributed by atoms with E-state index < -0.39 is 0 Å². The lowest BCUT2D eigenvalue weighted by Crippen LogP contribution is -2.41. The van der Waals surface area contributed by atoms with Crippen LogP contribution in [0.5, 0.6) is 0 Å². The van der Waals surface area contributed by atoms with Crippen LogP contribution < -0.4 is 11.1 Å². The predicted molar refractivity (Wildman–Crippen MR) is 71.9 cm³/mol. The molecular formula is C13H24N4O. The molecule has 0 aliphatic rings. The van der Waals surface area contributed by atoms with Crippen LogP contribution in [0.4, 0.5) is 0 Å². The summed E-state index contributed by atoms with van der Waals surface area (Å²) in [6.07, 6.45) is 8.23. The van der Waals surface area contributed by atoms with Crippen LogP contribution in [0, 0.1) is 5.92 Å². The molecule has 5 heteroatoms. The average molecular weight is 252 g/mol. The minimum Gasteiger partial charge on any atom is -0.355 e. The first kappa shape index (κ1) is 14.7. The first-order valence-electron chi connectivity index (χ1n) is 6.58. The highest BCUT2D eigenvalue weighted by Crippen LogP contribution is 2.02. The van der Waals surface area contributed by atoms with Crippen molar-refractivity contribution in [1.82, 2.24) is 14.9 Å². The molecule has 0 saturated heterocycles. The first-order valence-corrected chi connectivity index (χ1v) is 6.58. The van der Waals surface area contributed by atoms with Crippen molar-refractivity contribution in [2.75, 3.05) is 6.54 Å². The van der Waals surface area contributed by atoms with Crippen LogP contribution in [0.3, 0.4) is 0 Å². The number of carbonyl (C=O) groups excluding carboxylic acids is 1. The minimum absolute atomic E-state index is 0.0358. The lowest BCUT2D eigenvalue weighted by molar-refractivity contribution is -0.122. The van der Waals surface area contributed by atoms with Crippen molar-refractivity contribution in [2.45, 2.75) is 45.7 Å². The van der Waals surface area contributed by atoms with E-state index in [1.807, 2.05) is 10.8 Å². The maximum absolute atomic E-state index is 11.6. The van der Waals surface area contributed by atoms with Crippen LogP contribution in [0.25, 0.3) is 0 Å². The van der Waals surface area contributed by atoms with Gasteiger partial charge in [-0.05, 0) is 25.2 Å². The van der Waals surface area contributed by atoms with Gasteiger partial charge in [-0.1, -0.05) is 13.8 Å². The Labute approximate surface area is 109 Å². The molecule has 5 nitrogen and oxygen atoms in total. The van der Waals surface area contributed by atoms with Gasteiger partial charge in [0.1, 0.15) is 0 Å². The molecule has 1 heterocycles. The maximum atomic E-state index is 11.6. The second kappa shape index (κ2) is 7.87. The molecule has 0 bridgehead atoms. The van der Waals surface area contributed by atoms with Crippen LogP contribution in [0.2, 0.25) is 0 Å². The number of nitrogens with one attached hydrogen (secondary N) is 1. The zero-order valence-corrected chi connectivity index (χ0v) is 11.3. The fourth-order valence-corrected chi connectivity index (χ4v) is 1.80. The van der Waals surface area contributed by atoms with Gasteiger partial charge in [-0.3, -0.25) is 4.79 Å². The Morgan fingerprint density at radius 2 is 2.22 bits per heavy atom. The summed E-state index contributed by atoms with van der Waals surface area (Å²) in [5.74, 6) is 0.415. The molecule has 0 aliphatic heterocycles. The molecule has 1 rings (SSSR count). The van der Waals surface area contributed by atoms with Crippen molar-refractivity contribution in [2.24, 2.45) is 11.7 Å². The molecule has 0 aromatic carbocycles. The topological polar surface area (TPSA) is 72.9 Å². The zero-order valence-electron chi connectivity index (χ0n) is 11.3. The zero-order chi connectivity index (χ0) is 13.4. The van der Waals surface area contributed by atoms with Gasteiger partial charge in [0, 0.05) is 25.5 Å². The molecule has 0 radical (unpaired) electrons. The van der Waals surface area contributed by atoms with E-state index in [9.17, 15) is 4.79 Å². The molecule has 0 spiro atoms. The SMILES string of the molecule is CC(C)CC(N)C(=O)NCCCCn1ccnc1. The number of nitrogens with two attached hydrogens (primary N) is 1. The third kappa shape index (κ3) is 5.82. The van der Waals surface area contributed by atoms with Crippen LogP contribution in [0.15, 0.2) is 18.7 Å². The molecular weight excluding hydrogens is 228 g/mol. The summed E-state index contributed by atoms with van der Waals surface area (Å²) in [5, 5.41) is 2.88. The third-order valence-electron chi connectivity index (χ3n) is 2.76. The molecule has 1 aromatic heterocycles. The molecule has 1 amide bonds. The quantitative estimate of drug-likeness (QED) is 0.682. The number of hydrogen-bond acceptors (Lipinski definition) is 3. The number of nitrogens with zero attached hydrogens (tertiary/aromatic N) is 2. The molecule has 0 aliphatic carbocycles. The van der Waals surface area contributed by atoms with Gasteiger partial charge >= 0.3 is 0 Å². The fourth-order valence-electron chi connectivity index (χ4n) is 1.80. The van der Waals surface area contributed by atoms with Crippen LogP contribution in [0.1, 0.15) is 33.1 Å². The molecule has 102 valence electrons. The van der Waals surface area contributed by atoms with E-state index in [0.29, 0.717) is 12.5 Å². The Morgan fingerprint density at radius 1 is 1.44 bits per heavy atom. The van der Waals surface area contributed by atoms with Gasteiger partial charge in [-0.25, -0.2) is 4.98 Å². The standard InChI is InChI=1S/C13H24N4O/c1-11(2)9-12(14)13(18)16-5-3-4-7-17-8-6-15-10-17/h6,8,10-12H,3-5,7,9,14H2,1-2H3,(H,16,18). The Hall–Kier alpha value is -1.36. The Kier molecular flexibility index (Phi) is 6.43. The summed E-state index contributed by atoms with van der Waals surface area (Å²) in [5.41, 5.74) is 5.79. The largest absolute Gasteiger partial charge is 0.355 e. The molecule has 3 N–H and O–H groups in total. The minimum atomic E-state index is -0.376. The summed E-state index contributed by atoms with van der Waals surface area (Å²) in [6, 6.07) is -0.376. The van der Waals surface area contributed by atoms with Crippen LogP contribution >= 0.6 is 0 Å². The Balaban J connectivity index is 2.05. The normalized spacial score (nSPS) is 12.7. The molecule has 1 aromatic rings. The summed E-state index contributed by atoms with van der Waals surface area (Å²) in [7, 11) is 0. The lowest BCUT2D eigenvalue weighted by Gasteiger charge is -2.14. The molecule has 1 unspecified atom stereocenters. The number of rotatable bonds is 8. The number of aryl methyl sites for hydroxylation is 1. The highest BCUT2D eigenvalue weighted by Gasteiger charge is 2.13. The monoisotopic (exact) mass is 252 g/mol. The van der Waals surface area contributed by atoms with Crippen LogP contribution in [-0.4, -0.2) is 28.0 Å². The smallest absolute Gasteiger partial charge is 0.236 e. The highest BCUT2D eigenvalue weighted by molar-refractivity contribution is 5.81. The number of unbranched alkanes of at least 4 members (excludes halogenated alkanes) is 1. The van der Waals surface area contributed by atoms with Crippen molar-refractivity contribution in [3.8, 4) is 0 Å². The number of aromatic nitrogens is 2. The van der Waals surface area contributed by atoms with E-state index >= 15 is 0 Å². The van der Waals surface area contributed by atoms with Crippen molar-refractivity contribution in [1.29, 1.82) is 0 Å². The van der Waals surface area contributed by atoms with E-state index in [-0.39, 0.29) is 11.9 Å². The Bertz CT molecular complexity index is 335.